The van der Waals surface area contributed by atoms with Crippen molar-refractivity contribution < 1.29 is 18.0 Å². The highest BCUT2D eigenvalue weighted by Gasteiger charge is 2.36. The molecule has 2 aromatic heterocycles. The van der Waals surface area contributed by atoms with E-state index in [2.05, 4.69) is 25.6 Å². The Morgan fingerprint density at radius 3 is 2.67 bits per heavy atom. The van der Waals surface area contributed by atoms with E-state index in [1.807, 2.05) is 30.3 Å². The Labute approximate surface area is 133 Å². The highest BCUT2D eigenvalue weighted by Crippen LogP contribution is 2.25. The SMILES string of the molecule is O=C(NCc1nc(C(F)(F)F)n[nH]1)c1cnn(-c2ccccc2)c1. The minimum atomic E-state index is -4.63. The summed E-state index contributed by atoms with van der Waals surface area (Å²) in [5, 5.41) is 11.7. The van der Waals surface area contributed by atoms with E-state index in [0.29, 0.717) is 0 Å². The Morgan fingerprint density at radius 2 is 2.00 bits per heavy atom. The summed E-state index contributed by atoms with van der Waals surface area (Å²) in [6.45, 7) is -0.210. The maximum atomic E-state index is 12.4. The standard InChI is InChI=1S/C14H11F3N6O/c15-14(16,17)13-20-11(21-22-13)7-18-12(24)9-6-19-23(8-9)10-4-2-1-3-5-10/h1-6,8H,7H2,(H,18,24)(H,20,21,22). The highest BCUT2D eigenvalue weighted by molar-refractivity contribution is 5.93. The predicted molar refractivity (Wildman–Crippen MR) is 76.1 cm³/mol. The van der Waals surface area contributed by atoms with Crippen molar-refractivity contribution in [3.05, 3.63) is 59.9 Å². The van der Waals surface area contributed by atoms with Gasteiger partial charge in [0.2, 0.25) is 0 Å². The zero-order valence-electron chi connectivity index (χ0n) is 12.1. The molecule has 0 atom stereocenters. The van der Waals surface area contributed by atoms with Gasteiger partial charge in [0, 0.05) is 6.20 Å². The molecule has 1 amide bonds. The number of nitrogens with zero attached hydrogens (tertiary/aromatic N) is 4. The second kappa shape index (κ2) is 6.14. The van der Waals surface area contributed by atoms with E-state index in [1.165, 1.54) is 17.1 Å². The van der Waals surface area contributed by atoms with Crippen LogP contribution in [-0.2, 0) is 12.7 Å². The number of hydrogen-bond acceptors (Lipinski definition) is 4. The first-order valence-electron chi connectivity index (χ1n) is 6.80. The third kappa shape index (κ3) is 3.42. The van der Waals surface area contributed by atoms with Crippen molar-refractivity contribution in [3.63, 3.8) is 0 Å². The average Bonchev–Trinajstić information content (AvgIpc) is 3.22. The summed E-state index contributed by atoms with van der Waals surface area (Å²) in [5.41, 5.74) is 1.05. The van der Waals surface area contributed by atoms with Crippen molar-refractivity contribution in [3.8, 4) is 5.69 Å². The van der Waals surface area contributed by atoms with E-state index in [-0.39, 0.29) is 17.9 Å². The summed E-state index contributed by atoms with van der Waals surface area (Å²) in [4.78, 5) is 15.3. The highest BCUT2D eigenvalue weighted by atomic mass is 19.4. The normalized spacial score (nSPS) is 11.5. The van der Waals surface area contributed by atoms with Crippen LogP contribution in [0.25, 0.3) is 5.69 Å². The van der Waals surface area contributed by atoms with Gasteiger partial charge in [-0.05, 0) is 12.1 Å². The largest absolute Gasteiger partial charge is 0.453 e. The lowest BCUT2D eigenvalue weighted by Gasteiger charge is -2.01. The maximum Gasteiger partial charge on any atom is 0.453 e. The van der Waals surface area contributed by atoms with Crippen LogP contribution in [0.15, 0.2) is 42.7 Å². The molecule has 7 nitrogen and oxygen atoms in total. The number of carbonyl (C=O) groups excluding carboxylic acids is 1. The third-order valence-electron chi connectivity index (χ3n) is 3.07. The van der Waals surface area contributed by atoms with Crippen LogP contribution in [0.5, 0.6) is 0 Å². The summed E-state index contributed by atoms with van der Waals surface area (Å²) in [6, 6.07) is 9.16. The number of aromatic amines is 1. The fourth-order valence-corrected chi connectivity index (χ4v) is 1.93. The van der Waals surface area contributed by atoms with E-state index in [4.69, 9.17) is 0 Å². The van der Waals surface area contributed by atoms with Crippen LogP contribution >= 0.6 is 0 Å². The van der Waals surface area contributed by atoms with E-state index < -0.39 is 17.9 Å². The van der Waals surface area contributed by atoms with Crippen molar-refractivity contribution in [2.45, 2.75) is 12.7 Å². The summed E-state index contributed by atoms with van der Waals surface area (Å²) in [6.07, 6.45) is -1.74. The van der Waals surface area contributed by atoms with Crippen LogP contribution in [0.3, 0.4) is 0 Å². The van der Waals surface area contributed by atoms with Gasteiger partial charge in [0.15, 0.2) is 0 Å². The molecule has 0 fully saturated rings. The topological polar surface area (TPSA) is 88.5 Å². The van der Waals surface area contributed by atoms with Crippen molar-refractivity contribution >= 4 is 5.91 Å². The molecule has 0 aliphatic heterocycles. The molecule has 0 aliphatic carbocycles. The number of hydrogen-bond donors (Lipinski definition) is 2. The lowest BCUT2D eigenvalue weighted by molar-refractivity contribution is -0.144. The fraction of sp³-hybridized carbons (Fsp3) is 0.143. The Kier molecular flexibility index (Phi) is 4.02. The van der Waals surface area contributed by atoms with Gasteiger partial charge in [-0.1, -0.05) is 18.2 Å². The number of carbonyl (C=O) groups is 1. The van der Waals surface area contributed by atoms with E-state index in [9.17, 15) is 18.0 Å². The van der Waals surface area contributed by atoms with Crippen LogP contribution in [-0.4, -0.2) is 30.9 Å². The molecule has 0 radical (unpaired) electrons. The number of amides is 1. The van der Waals surface area contributed by atoms with Crippen LogP contribution in [0, 0.1) is 0 Å². The van der Waals surface area contributed by atoms with Gasteiger partial charge in [-0.3, -0.25) is 9.89 Å². The van der Waals surface area contributed by atoms with Crippen molar-refractivity contribution in [2.75, 3.05) is 0 Å². The Hall–Kier alpha value is -3.17. The Morgan fingerprint density at radius 1 is 1.25 bits per heavy atom. The van der Waals surface area contributed by atoms with Crippen LogP contribution in [0.2, 0.25) is 0 Å². The fourth-order valence-electron chi connectivity index (χ4n) is 1.93. The smallest absolute Gasteiger partial charge is 0.345 e. The van der Waals surface area contributed by atoms with Crippen LogP contribution in [0.4, 0.5) is 13.2 Å². The number of aromatic nitrogens is 5. The van der Waals surface area contributed by atoms with Gasteiger partial charge in [-0.15, -0.1) is 5.10 Å². The van der Waals surface area contributed by atoms with Crippen LogP contribution < -0.4 is 5.32 Å². The summed E-state index contributed by atoms with van der Waals surface area (Å²) >= 11 is 0. The van der Waals surface area contributed by atoms with Gasteiger partial charge in [-0.25, -0.2) is 9.67 Å². The molecule has 0 saturated carbocycles. The Bertz CT molecular complexity index is 840. The van der Waals surface area contributed by atoms with Crippen molar-refractivity contribution in [2.24, 2.45) is 0 Å². The number of nitrogens with one attached hydrogen (secondary N) is 2. The van der Waals surface area contributed by atoms with Gasteiger partial charge in [-0.2, -0.15) is 18.3 Å². The van der Waals surface area contributed by atoms with Gasteiger partial charge < -0.3 is 5.32 Å². The lowest BCUT2D eigenvalue weighted by atomic mass is 10.3. The van der Waals surface area contributed by atoms with E-state index in [0.717, 1.165) is 5.69 Å². The molecule has 0 aliphatic rings. The predicted octanol–water partition coefficient (Wildman–Crippen LogP) is 1.94. The van der Waals surface area contributed by atoms with Crippen molar-refractivity contribution in [1.82, 2.24) is 30.3 Å². The minimum absolute atomic E-state index is 0.0915. The summed E-state index contributed by atoms with van der Waals surface area (Å²) in [7, 11) is 0. The number of H-pyrrole nitrogens is 1. The quantitative estimate of drug-likeness (QED) is 0.762. The van der Waals surface area contributed by atoms with E-state index >= 15 is 0 Å². The molecule has 0 saturated heterocycles. The summed E-state index contributed by atoms with van der Waals surface area (Å²) in [5.74, 6) is -1.85. The molecule has 0 bridgehead atoms. The van der Waals surface area contributed by atoms with Gasteiger partial charge >= 0.3 is 6.18 Å². The minimum Gasteiger partial charge on any atom is -0.345 e. The molecule has 3 aromatic rings. The molecule has 10 heteroatoms. The number of halogens is 3. The van der Waals surface area contributed by atoms with Crippen LogP contribution in [0.1, 0.15) is 22.0 Å². The molecular formula is C14H11F3N6O. The molecule has 0 unspecified atom stereocenters. The number of para-hydroxylation sites is 1. The number of alkyl halides is 3. The van der Waals surface area contributed by atoms with E-state index in [1.54, 1.807) is 0 Å². The maximum absolute atomic E-state index is 12.4. The van der Waals surface area contributed by atoms with Gasteiger partial charge in [0.25, 0.3) is 11.7 Å². The first-order chi connectivity index (χ1) is 11.4. The average molecular weight is 336 g/mol. The zero-order chi connectivity index (χ0) is 17.2. The molecule has 2 heterocycles. The first-order valence-corrected chi connectivity index (χ1v) is 6.80. The molecule has 124 valence electrons. The third-order valence-corrected chi connectivity index (χ3v) is 3.07. The Balaban J connectivity index is 1.64. The van der Waals surface area contributed by atoms with Gasteiger partial charge in [0.05, 0.1) is 24.0 Å². The molecule has 24 heavy (non-hydrogen) atoms. The monoisotopic (exact) mass is 336 g/mol. The zero-order valence-corrected chi connectivity index (χ0v) is 12.1. The van der Waals surface area contributed by atoms with Crippen molar-refractivity contribution in [1.29, 1.82) is 0 Å². The first kappa shape index (κ1) is 15.7. The molecule has 2 N–H and O–H groups in total. The molecule has 1 aromatic carbocycles. The number of benzene rings is 1. The number of rotatable bonds is 4. The lowest BCUT2D eigenvalue weighted by Crippen LogP contribution is -2.23. The second-order valence-electron chi connectivity index (χ2n) is 4.80. The second-order valence-corrected chi connectivity index (χ2v) is 4.80. The molecule has 3 rings (SSSR count). The molecule has 0 spiro atoms. The summed E-state index contributed by atoms with van der Waals surface area (Å²) < 4.78 is 38.7. The molecular weight excluding hydrogens is 325 g/mol. The van der Waals surface area contributed by atoms with Gasteiger partial charge in [0.1, 0.15) is 5.82 Å².